The van der Waals surface area contributed by atoms with Gasteiger partial charge in [0.15, 0.2) is 0 Å². The molecule has 0 aliphatic carbocycles. The van der Waals surface area contributed by atoms with E-state index >= 15 is 0 Å². The third kappa shape index (κ3) is 27.7. The van der Waals surface area contributed by atoms with E-state index in [-0.39, 0.29) is 12.6 Å². The van der Waals surface area contributed by atoms with Crippen LogP contribution in [0.2, 0.25) is 0 Å². The first-order valence-electron chi connectivity index (χ1n) is 16.7. The molecule has 0 unspecified atom stereocenters. The van der Waals surface area contributed by atoms with Crippen LogP contribution in [0.15, 0.2) is 24.3 Å². The summed E-state index contributed by atoms with van der Waals surface area (Å²) < 4.78 is 49.0. The fourth-order valence-corrected chi connectivity index (χ4v) is 3.99. The summed E-state index contributed by atoms with van der Waals surface area (Å²) in [7, 11) is 0. The van der Waals surface area contributed by atoms with Gasteiger partial charge in [-0.25, -0.2) is 0 Å². The van der Waals surface area contributed by atoms with Crippen molar-refractivity contribution < 1.29 is 47.4 Å². The van der Waals surface area contributed by atoms with Crippen LogP contribution in [-0.4, -0.2) is 112 Å². The molecule has 10 heteroatoms. The molecule has 44 heavy (non-hydrogen) atoms. The summed E-state index contributed by atoms with van der Waals surface area (Å²) in [6, 6.07) is 8.42. The van der Waals surface area contributed by atoms with E-state index in [0.29, 0.717) is 106 Å². The van der Waals surface area contributed by atoms with E-state index in [2.05, 4.69) is 19.1 Å². The molecule has 0 saturated carbocycles. The van der Waals surface area contributed by atoms with Crippen molar-refractivity contribution in [2.24, 2.45) is 0 Å². The van der Waals surface area contributed by atoms with Crippen LogP contribution in [0.25, 0.3) is 0 Å². The second kappa shape index (κ2) is 32.6. The van der Waals surface area contributed by atoms with Crippen LogP contribution < -0.4 is 4.74 Å². The fraction of sp³-hybridized carbons (Fsp3) is 0.794. The summed E-state index contributed by atoms with van der Waals surface area (Å²) in [5.41, 5.74) is 1.38. The molecular formula is C34H60O10. The molecular weight excluding hydrogens is 568 g/mol. The first-order valence-corrected chi connectivity index (χ1v) is 16.7. The molecule has 0 fully saturated rings. The number of ether oxygens (including phenoxy) is 9. The SMILES string of the molecule is CCCCCCCCc1ccc(OCCOCCOCCOCCOCCOCCOCCOCCOC(=O)CCC)cc1. The van der Waals surface area contributed by atoms with Gasteiger partial charge in [-0.1, -0.05) is 58.1 Å². The van der Waals surface area contributed by atoms with Gasteiger partial charge in [-0.2, -0.15) is 0 Å². The van der Waals surface area contributed by atoms with Gasteiger partial charge in [0.2, 0.25) is 0 Å². The van der Waals surface area contributed by atoms with Gasteiger partial charge in [-0.05, 0) is 37.0 Å². The molecule has 0 amide bonds. The monoisotopic (exact) mass is 628 g/mol. The van der Waals surface area contributed by atoms with Crippen molar-refractivity contribution >= 4 is 5.97 Å². The summed E-state index contributed by atoms with van der Waals surface area (Å²) >= 11 is 0. The fourth-order valence-electron chi connectivity index (χ4n) is 3.99. The molecule has 1 aromatic rings. The van der Waals surface area contributed by atoms with Crippen LogP contribution in [0.5, 0.6) is 5.75 Å². The van der Waals surface area contributed by atoms with E-state index in [1.54, 1.807) is 0 Å². The predicted octanol–water partition coefficient (Wildman–Crippen LogP) is 5.43. The third-order valence-corrected chi connectivity index (χ3v) is 6.42. The molecule has 0 N–H and O–H groups in total. The number of carbonyl (C=O) groups is 1. The number of esters is 1. The van der Waals surface area contributed by atoms with Gasteiger partial charge in [0, 0.05) is 6.42 Å². The number of unbranched alkanes of at least 4 members (excludes halogenated alkanes) is 5. The molecule has 1 aromatic carbocycles. The summed E-state index contributed by atoms with van der Waals surface area (Å²) in [5.74, 6) is 0.700. The first kappa shape index (κ1) is 40.2. The van der Waals surface area contributed by atoms with E-state index in [4.69, 9.17) is 42.6 Å². The van der Waals surface area contributed by atoms with Gasteiger partial charge < -0.3 is 42.6 Å². The summed E-state index contributed by atoms with van der Waals surface area (Å²) in [4.78, 5) is 11.2. The van der Waals surface area contributed by atoms with Gasteiger partial charge >= 0.3 is 5.97 Å². The zero-order valence-electron chi connectivity index (χ0n) is 27.6. The van der Waals surface area contributed by atoms with E-state index in [0.717, 1.165) is 18.6 Å². The van der Waals surface area contributed by atoms with Crippen molar-refractivity contribution in [1.82, 2.24) is 0 Å². The van der Waals surface area contributed by atoms with Crippen molar-refractivity contribution in [2.45, 2.75) is 71.6 Å². The maximum atomic E-state index is 11.2. The molecule has 0 atom stereocenters. The smallest absolute Gasteiger partial charge is 0.305 e. The van der Waals surface area contributed by atoms with Gasteiger partial charge in [-0.15, -0.1) is 0 Å². The van der Waals surface area contributed by atoms with E-state index in [1.807, 2.05) is 19.1 Å². The molecule has 0 heterocycles. The van der Waals surface area contributed by atoms with Crippen LogP contribution in [-0.2, 0) is 49.1 Å². The first-order chi connectivity index (χ1) is 21.8. The topological polar surface area (TPSA) is 100 Å². The van der Waals surface area contributed by atoms with Gasteiger partial charge in [0.1, 0.15) is 19.0 Å². The van der Waals surface area contributed by atoms with Gasteiger partial charge in [-0.3, -0.25) is 4.79 Å². The molecule has 256 valence electrons. The van der Waals surface area contributed by atoms with Crippen molar-refractivity contribution in [3.8, 4) is 5.75 Å². The molecule has 0 saturated heterocycles. The molecule has 0 aliphatic heterocycles. The molecule has 0 radical (unpaired) electrons. The van der Waals surface area contributed by atoms with E-state index < -0.39 is 0 Å². The quantitative estimate of drug-likeness (QED) is 0.0726. The Morgan fingerprint density at radius 3 is 1.34 bits per heavy atom. The van der Waals surface area contributed by atoms with Crippen molar-refractivity contribution in [2.75, 3.05) is 106 Å². The van der Waals surface area contributed by atoms with Crippen LogP contribution >= 0.6 is 0 Å². The van der Waals surface area contributed by atoms with E-state index in [9.17, 15) is 4.79 Å². The highest BCUT2D eigenvalue weighted by Crippen LogP contribution is 2.15. The van der Waals surface area contributed by atoms with Crippen LogP contribution in [0.4, 0.5) is 0 Å². The number of rotatable bonds is 34. The predicted molar refractivity (Wildman–Crippen MR) is 171 cm³/mol. The second-order valence-electron chi connectivity index (χ2n) is 10.3. The molecule has 10 nitrogen and oxygen atoms in total. The lowest BCUT2D eigenvalue weighted by molar-refractivity contribution is -0.145. The minimum absolute atomic E-state index is 0.184. The summed E-state index contributed by atoms with van der Waals surface area (Å²) in [5, 5.41) is 0. The summed E-state index contributed by atoms with van der Waals surface area (Å²) in [6.07, 6.45) is 10.3. The van der Waals surface area contributed by atoms with Crippen LogP contribution in [0.3, 0.4) is 0 Å². The largest absolute Gasteiger partial charge is 0.491 e. The standard InChI is InChI=1S/C34H60O10/c1-3-5-6-7-8-9-11-32-12-14-33(15-13-32)43-30-28-41-26-24-39-22-20-37-18-16-36-17-19-38-21-23-40-25-27-42-29-31-44-34(35)10-4-2/h12-15H,3-11,16-31H2,1-2H3. The van der Waals surface area contributed by atoms with Crippen molar-refractivity contribution in [3.63, 3.8) is 0 Å². The minimum atomic E-state index is -0.184. The van der Waals surface area contributed by atoms with Crippen LogP contribution in [0, 0.1) is 0 Å². The highest BCUT2D eigenvalue weighted by molar-refractivity contribution is 5.69. The molecule has 0 aliphatic rings. The third-order valence-electron chi connectivity index (χ3n) is 6.42. The number of carbonyl (C=O) groups excluding carboxylic acids is 1. The molecule has 0 aromatic heterocycles. The molecule has 1 rings (SSSR count). The highest BCUT2D eigenvalue weighted by atomic mass is 16.6. The van der Waals surface area contributed by atoms with Crippen molar-refractivity contribution in [1.29, 1.82) is 0 Å². The zero-order valence-corrected chi connectivity index (χ0v) is 27.6. The number of hydrogen-bond acceptors (Lipinski definition) is 10. The maximum Gasteiger partial charge on any atom is 0.305 e. The second-order valence-corrected chi connectivity index (χ2v) is 10.3. The molecule has 0 spiro atoms. The minimum Gasteiger partial charge on any atom is -0.491 e. The van der Waals surface area contributed by atoms with E-state index in [1.165, 1.54) is 44.1 Å². The normalized spacial score (nSPS) is 11.2. The highest BCUT2D eigenvalue weighted by Gasteiger charge is 2.00. The Morgan fingerprint density at radius 1 is 0.477 bits per heavy atom. The van der Waals surface area contributed by atoms with Crippen molar-refractivity contribution in [3.05, 3.63) is 29.8 Å². The summed E-state index contributed by atoms with van der Waals surface area (Å²) in [6.45, 7) is 11.9. The Bertz CT molecular complexity index is 731. The number of aryl methyl sites for hydroxylation is 1. The average molecular weight is 629 g/mol. The zero-order chi connectivity index (χ0) is 31.6. The van der Waals surface area contributed by atoms with Gasteiger partial charge in [0.25, 0.3) is 0 Å². The Hall–Kier alpha value is -1.79. The van der Waals surface area contributed by atoms with Gasteiger partial charge in [0.05, 0.1) is 92.5 Å². The lowest BCUT2D eigenvalue weighted by atomic mass is 10.0. The number of hydrogen-bond donors (Lipinski definition) is 0. The lowest BCUT2D eigenvalue weighted by Gasteiger charge is -2.09. The van der Waals surface area contributed by atoms with Crippen LogP contribution in [0.1, 0.15) is 70.8 Å². The average Bonchev–Trinajstić information content (AvgIpc) is 3.03. The Morgan fingerprint density at radius 2 is 0.886 bits per heavy atom. The lowest BCUT2D eigenvalue weighted by Crippen LogP contribution is -2.15. The Labute approximate surface area is 266 Å². The Balaban J connectivity index is 1.73. The Kier molecular flexibility index (Phi) is 29.8. The number of benzene rings is 1. The maximum absolute atomic E-state index is 11.2. The molecule has 0 bridgehead atoms.